The SMILES string of the molecule is CC1CCCN1CCc1ccc(-c2ccc(S(=O)(=O)N3CCC(CO)CC3)cc2)cc1. The van der Waals surface area contributed by atoms with E-state index in [0.717, 1.165) is 36.9 Å². The number of rotatable bonds is 7. The van der Waals surface area contributed by atoms with Gasteiger partial charge in [0.2, 0.25) is 10.0 Å². The third-order valence-electron chi connectivity index (χ3n) is 6.99. The van der Waals surface area contributed by atoms with E-state index in [1.54, 1.807) is 16.4 Å². The Balaban J connectivity index is 1.38. The lowest BCUT2D eigenvalue weighted by Crippen LogP contribution is -2.39. The maximum atomic E-state index is 12.9. The second-order valence-electron chi connectivity index (χ2n) is 9.03. The van der Waals surface area contributed by atoms with Crippen molar-refractivity contribution < 1.29 is 13.5 Å². The number of likely N-dealkylation sites (tertiary alicyclic amines) is 1. The number of aliphatic hydroxyl groups is 1. The highest BCUT2D eigenvalue weighted by Crippen LogP contribution is 2.26. The zero-order valence-corrected chi connectivity index (χ0v) is 19.2. The van der Waals surface area contributed by atoms with E-state index in [-0.39, 0.29) is 12.5 Å². The molecule has 2 heterocycles. The van der Waals surface area contributed by atoms with Gasteiger partial charge in [0, 0.05) is 32.3 Å². The lowest BCUT2D eigenvalue weighted by Gasteiger charge is -2.30. The number of aliphatic hydroxyl groups excluding tert-OH is 1. The number of hydrogen-bond acceptors (Lipinski definition) is 4. The zero-order valence-electron chi connectivity index (χ0n) is 18.4. The molecule has 31 heavy (non-hydrogen) atoms. The molecule has 2 aromatic rings. The van der Waals surface area contributed by atoms with Crippen LogP contribution in [0.5, 0.6) is 0 Å². The predicted molar refractivity (Wildman–Crippen MR) is 124 cm³/mol. The van der Waals surface area contributed by atoms with Gasteiger partial charge in [-0.15, -0.1) is 0 Å². The van der Waals surface area contributed by atoms with Gasteiger partial charge in [0.05, 0.1) is 4.90 Å². The molecule has 168 valence electrons. The molecular weight excluding hydrogens is 408 g/mol. The smallest absolute Gasteiger partial charge is 0.243 e. The number of benzene rings is 2. The monoisotopic (exact) mass is 442 g/mol. The van der Waals surface area contributed by atoms with Crippen molar-refractivity contribution in [1.29, 1.82) is 0 Å². The van der Waals surface area contributed by atoms with Gasteiger partial charge in [-0.3, -0.25) is 0 Å². The summed E-state index contributed by atoms with van der Waals surface area (Å²) in [5.74, 6) is 0.218. The Labute approximate surface area is 186 Å². The van der Waals surface area contributed by atoms with Gasteiger partial charge in [0.25, 0.3) is 0 Å². The number of piperidine rings is 1. The summed E-state index contributed by atoms with van der Waals surface area (Å²) in [5.41, 5.74) is 3.47. The van der Waals surface area contributed by atoms with Crippen LogP contribution < -0.4 is 0 Å². The largest absolute Gasteiger partial charge is 0.396 e. The summed E-state index contributed by atoms with van der Waals surface area (Å²) < 4.78 is 27.4. The van der Waals surface area contributed by atoms with E-state index < -0.39 is 10.0 Å². The number of nitrogens with zero attached hydrogens (tertiary/aromatic N) is 2. The van der Waals surface area contributed by atoms with Crippen LogP contribution in [-0.2, 0) is 16.4 Å². The van der Waals surface area contributed by atoms with E-state index in [4.69, 9.17) is 0 Å². The van der Waals surface area contributed by atoms with Crippen molar-refractivity contribution in [3.63, 3.8) is 0 Å². The molecule has 1 atom stereocenters. The average Bonchev–Trinajstić information content (AvgIpc) is 3.23. The van der Waals surface area contributed by atoms with E-state index in [2.05, 4.69) is 36.1 Å². The first-order valence-electron chi connectivity index (χ1n) is 11.5. The summed E-state index contributed by atoms with van der Waals surface area (Å²) in [4.78, 5) is 2.91. The van der Waals surface area contributed by atoms with Crippen LogP contribution in [0.15, 0.2) is 53.4 Å². The van der Waals surface area contributed by atoms with Crippen LogP contribution in [0.4, 0.5) is 0 Å². The average molecular weight is 443 g/mol. The molecule has 0 bridgehead atoms. The topological polar surface area (TPSA) is 60.9 Å². The second-order valence-corrected chi connectivity index (χ2v) is 11.0. The Morgan fingerprint density at radius 3 is 2.06 bits per heavy atom. The third kappa shape index (κ3) is 5.20. The molecule has 5 nitrogen and oxygen atoms in total. The summed E-state index contributed by atoms with van der Waals surface area (Å²) in [6.45, 7) is 5.74. The first-order chi connectivity index (χ1) is 15.0. The standard InChI is InChI=1S/C25H34N2O3S/c1-20-3-2-15-26(20)16-12-21-4-6-23(7-5-21)24-8-10-25(11-9-24)31(29,30)27-17-13-22(19-28)14-18-27/h4-11,20,22,28H,2-3,12-19H2,1H3. The maximum absolute atomic E-state index is 12.9. The zero-order chi connectivity index (χ0) is 21.8. The van der Waals surface area contributed by atoms with Gasteiger partial charge >= 0.3 is 0 Å². The molecule has 0 aromatic heterocycles. The van der Waals surface area contributed by atoms with Crippen molar-refractivity contribution in [1.82, 2.24) is 9.21 Å². The lowest BCUT2D eigenvalue weighted by molar-refractivity contribution is 0.170. The second kappa shape index (κ2) is 9.82. The Bertz CT molecular complexity index is 949. The van der Waals surface area contributed by atoms with Crippen molar-refractivity contribution >= 4 is 10.0 Å². The molecule has 2 aliphatic rings. The molecule has 0 spiro atoms. The van der Waals surface area contributed by atoms with Crippen LogP contribution >= 0.6 is 0 Å². The summed E-state index contributed by atoms with van der Waals surface area (Å²) in [5, 5.41) is 9.27. The minimum atomic E-state index is -3.47. The van der Waals surface area contributed by atoms with Gasteiger partial charge in [0.15, 0.2) is 0 Å². The third-order valence-corrected chi connectivity index (χ3v) is 8.90. The summed E-state index contributed by atoms with van der Waals surface area (Å²) >= 11 is 0. The Morgan fingerprint density at radius 2 is 1.52 bits per heavy atom. The Hall–Kier alpha value is -1.73. The van der Waals surface area contributed by atoms with Crippen molar-refractivity contribution in [2.24, 2.45) is 5.92 Å². The minimum Gasteiger partial charge on any atom is -0.396 e. The summed E-state index contributed by atoms with van der Waals surface area (Å²) in [6.07, 6.45) is 5.13. The highest BCUT2D eigenvalue weighted by molar-refractivity contribution is 7.89. The van der Waals surface area contributed by atoms with Crippen molar-refractivity contribution in [2.75, 3.05) is 32.8 Å². The molecule has 0 amide bonds. The molecule has 0 saturated carbocycles. The molecule has 2 saturated heterocycles. The molecule has 6 heteroatoms. The molecule has 0 aliphatic carbocycles. The lowest BCUT2D eigenvalue weighted by atomic mass is 10.00. The van der Waals surface area contributed by atoms with Gasteiger partial charge in [-0.05, 0) is 80.3 Å². The highest BCUT2D eigenvalue weighted by atomic mass is 32.2. The van der Waals surface area contributed by atoms with Gasteiger partial charge in [0.1, 0.15) is 0 Å². The first-order valence-corrected chi connectivity index (χ1v) is 13.0. The van der Waals surface area contributed by atoms with Crippen molar-refractivity contribution in [3.05, 3.63) is 54.1 Å². The number of sulfonamides is 1. The van der Waals surface area contributed by atoms with Gasteiger partial charge < -0.3 is 10.0 Å². The van der Waals surface area contributed by atoms with Gasteiger partial charge in [-0.1, -0.05) is 36.4 Å². The fraction of sp³-hybridized carbons (Fsp3) is 0.520. The van der Waals surface area contributed by atoms with Crippen LogP contribution in [0, 0.1) is 5.92 Å². The molecule has 4 rings (SSSR count). The van der Waals surface area contributed by atoms with Crippen LogP contribution in [0.25, 0.3) is 11.1 Å². The van der Waals surface area contributed by atoms with E-state index in [1.807, 2.05) is 12.1 Å². The van der Waals surface area contributed by atoms with Gasteiger partial charge in [-0.25, -0.2) is 8.42 Å². The summed E-state index contributed by atoms with van der Waals surface area (Å²) in [6, 6.07) is 16.6. The van der Waals surface area contributed by atoms with Crippen LogP contribution in [0.3, 0.4) is 0 Å². The number of hydrogen-bond donors (Lipinski definition) is 1. The van der Waals surface area contributed by atoms with Crippen LogP contribution in [0.2, 0.25) is 0 Å². The fourth-order valence-corrected chi connectivity index (χ4v) is 6.23. The van der Waals surface area contributed by atoms with E-state index in [0.29, 0.717) is 24.0 Å². The first kappa shape index (κ1) is 22.5. The van der Waals surface area contributed by atoms with Crippen molar-refractivity contribution in [2.45, 2.75) is 50.0 Å². The van der Waals surface area contributed by atoms with Crippen LogP contribution in [0.1, 0.15) is 38.2 Å². The molecule has 0 radical (unpaired) electrons. The molecular formula is C25H34N2O3S. The fourth-order valence-electron chi connectivity index (χ4n) is 4.76. The van der Waals surface area contributed by atoms with Crippen LogP contribution in [-0.4, -0.2) is 61.6 Å². The summed E-state index contributed by atoms with van der Waals surface area (Å²) in [7, 11) is -3.47. The van der Waals surface area contributed by atoms with Gasteiger partial charge in [-0.2, -0.15) is 4.31 Å². The maximum Gasteiger partial charge on any atom is 0.243 e. The molecule has 2 aromatic carbocycles. The quantitative estimate of drug-likeness (QED) is 0.709. The molecule has 2 fully saturated rings. The van der Waals surface area contributed by atoms with E-state index in [1.165, 1.54) is 24.9 Å². The van der Waals surface area contributed by atoms with E-state index >= 15 is 0 Å². The highest BCUT2D eigenvalue weighted by Gasteiger charge is 2.29. The van der Waals surface area contributed by atoms with Crippen molar-refractivity contribution in [3.8, 4) is 11.1 Å². The predicted octanol–water partition coefficient (Wildman–Crippen LogP) is 3.77. The van der Waals surface area contributed by atoms with E-state index in [9.17, 15) is 13.5 Å². The molecule has 1 N–H and O–H groups in total. The minimum absolute atomic E-state index is 0.138. The Kier molecular flexibility index (Phi) is 7.12. The molecule has 2 aliphatic heterocycles. The molecule has 1 unspecified atom stereocenters. The Morgan fingerprint density at radius 1 is 0.903 bits per heavy atom. The normalized spacial score (nSPS) is 21.5.